The Morgan fingerprint density at radius 2 is 0.712 bits per heavy atom. The second kappa shape index (κ2) is 14.9. The second-order valence-corrected chi connectivity index (χ2v) is 16.9. The number of rotatable bonds is 6. The molecule has 11 aromatic rings. The number of aromatic hydroxyl groups is 7. The van der Waals surface area contributed by atoms with Gasteiger partial charge in [-0.15, -0.1) is 0 Å². The summed E-state index contributed by atoms with van der Waals surface area (Å²) in [5.74, 6) is -5.43. The molecule has 7 N–H and O–H groups in total. The largest absolute Gasteiger partial charge is 0.504 e. The first-order valence-corrected chi connectivity index (χ1v) is 21.5. The number of hydrogen-bond donors (Lipinski definition) is 7. The molecule has 9 aromatic carbocycles. The Balaban J connectivity index is 1.08. The standard InChI is InChI=1S/C57H42N2O7/c1-30-31(2)49(52(61)51(60)32(30)3)37-24-36(25-38(26-37)50-53(62)55(64)57(66)56(65)54(50)63)33-12-11-15-40(27-33)59-46-19-10-8-17-42(46)44-29-35(21-23-48(44)59)34-20-22-47-43(28-34)41-16-7-9-18-45(41)58(47)39-13-5-4-6-14-39/h4-29,60-66H,1-3H3. The Morgan fingerprint density at radius 3 is 1.30 bits per heavy atom. The fraction of sp³-hybridized carbons (Fsp3) is 0.0526. The van der Waals surface area contributed by atoms with Gasteiger partial charge in [0, 0.05) is 38.5 Å². The fourth-order valence-corrected chi connectivity index (χ4v) is 9.78. The number of fused-ring (bicyclic) bond motifs is 6. The highest BCUT2D eigenvalue weighted by molar-refractivity contribution is 6.13. The van der Waals surface area contributed by atoms with Crippen molar-refractivity contribution in [1.29, 1.82) is 0 Å². The van der Waals surface area contributed by atoms with E-state index in [2.05, 4.69) is 106 Å². The van der Waals surface area contributed by atoms with Gasteiger partial charge in [0.15, 0.2) is 23.0 Å². The lowest BCUT2D eigenvalue weighted by Gasteiger charge is -2.19. The molecule has 0 aliphatic carbocycles. The lowest BCUT2D eigenvalue weighted by Crippen LogP contribution is -1.96. The quantitative estimate of drug-likeness (QED) is 0.0649. The van der Waals surface area contributed by atoms with E-state index in [0.29, 0.717) is 27.8 Å². The van der Waals surface area contributed by atoms with Crippen LogP contribution in [0.3, 0.4) is 0 Å². The van der Waals surface area contributed by atoms with E-state index in [1.165, 1.54) is 10.8 Å². The number of aromatic nitrogens is 2. The van der Waals surface area contributed by atoms with E-state index in [0.717, 1.165) is 66.5 Å². The lowest BCUT2D eigenvalue weighted by molar-refractivity contribution is 0.330. The van der Waals surface area contributed by atoms with E-state index >= 15 is 0 Å². The molecule has 0 aliphatic heterocycles. The van der Waals surface area contributed by atoms with Gasteiger partial charge in [-0.25, -0.2) is 0 Å². The van der Waals surface area contributed by atoms with Crippen molar-refractivity contribution in [3.05, 3.63) is 174 Å². The molecule has 0 saturated heterocycles. The van der Waals surface area contributed by atoms with E-state index in [1.54, 1.807) is 19.1 Å². The van der Waals surface area contributed by atoms with Gasteiger partial charge >= 0.3 is 0 Å². The first-order valence-electron chi connectivity index (χ1n) is 21.5. The van der Waals surface area contributed by atoms with Crippen molar-refractivity contribution >= 4 is 43.6 Å². The predicted molar refractivity (Wildman–Crippen MR) is 263 cm³/mol. The van der Waals surface area contributed by atoms with Crippen LogP contribution < -0.4 is 0 Å². The third-order valence-electron chi connectivity index (χ3n) is 13.3. The number of para-hydroxylation sites is 3. The molecular formula is C57H42N2O7. The minimum absolute atomic E-state index is 0.150. The van der Waals surface area contributed by atoms with Crippen LogP contribution in [0.1, 0.15) is 16.7 Å². The highest BCUT2D eigenvalue weighted by Crippen LogP contribution is 2.56. The molecule has 0 spiro atoms. The van der Waals surface area contributed by atoms with Crippen LogP contribution in [-0.2, 0) is 0 Å². The molecule has 0 amide bonds. The van der Waals surface area contributed by atoms with E-state index in [4.69, 9.17) is 0 Å². The first kappa shape index (κ1) is 40.0. The van der Waals surface area contributed by atoms with Crippen LogP contribution in [0.25, 0.3) is 99.5 Å². The summed E-state index contributed by atoms with van der Waals surface area (Å²) >= 11 is 0. The number of phenols is 7. The zero-order valence-corrected chi connectivity index (χ0v) is 36.0. The fourth-order valence-electron chi connectivity index (χ4n) is 9.78. The Kier molecular flexibility index (Phi) is 9.02. The van der Waals surface area contributed by atoms with Crippen molar-refractivity contribution in [1.82, 2.24) is 9.13 Å². The van der Waals surface area contributed by atoms with Crippen LogP contribution in [0.4, 0.5) is 0 Å². The third kappa shape index (κ3) is 5.94. The highest BCUT2D eigenvalue weighted by Gasteiger charge is 2.27. The molecule has 11 rings (SSSR count). The van der Waals surface area contributed by atoms with Gasteiger partial charge < -0.3 is 44.9 Å². The monoisotopic (exact) mass is 866 g/mol. The van der Waals surface area contributed by atoms with Gasteiger partial charge in [-0.2, -0.15) is 0 Å². The Labute approximate surface area is 378 Å². The average Bonchev–Trinajstić information content (AvgIpc) is 3.86. The summed E-state index contributed by atoms with van der Waals surface area (Å²) in [5.41, 5.74) is 12.2. The second-order valence-electron chi connectivity index (χ2n) is 16.9. The zero-order valence-electron chi connectivity index (χ0n) is 36.0. The highest BCUT2D eigenvalue weighted by atomic mass is 16.4. The summed E-state index contributed by atoms with van der Waals surface area (Å²) in [6.45, 7) is 5.38. The zero-order chi connectivity index (χ0) is 45.7. The molecule has 0 atom stereocenters. The van der Waals surface area contributed by atoms with Crippen molar-refractivity contribution < 1.29 is 35.7 Å². The Morgan fingerprint density at radius 1 is 0.273 bits per heavy atom. The van der Waals surface area contributed by atoms with Gasteiger partial charge in [0.1, 0.15) is 0 Å². The summed E-state index contributed by atoms with van der Waals surface area (Å²) in [7, 11) is 0. The van der Waals surface area contributed by atoms with Crippen molar-refractivity contribution in [2.45, 2.75) is 20.8 Å². The topological polar surface area (TPSA) is 151 Å². The molecule has 0 aliphatic rings. The molecular weight excluding hydrogens is 825 g/mol. The molecule has 2 aromatic heterocycles. The van der Waals surface area contributed by atoms with Crippen molar-refractivity contribution in [3.8, 4) is 96.1 Å². The van der Waals surface area contributed by atoms with Gasteiger partial charge in [-0.1, -0.05) is 78.9 Å². The molecule has 66 heavy (non-hydrogen) atoms. The molecule has 9 heteroatoms. The molecule has 0 unspecified atom stereocenters. The van der Waals surface area contributed by atoms with Crippen molar-refractivity contribution in [3.63, 3.8) is 0 Å². The van der Waals surface area contributed by atoms with E-state index in [9.17, 15) is 35.7 Å². The van der Waals surface area contributed by atoms with Gasteiger partial charge in [0.25, 0.3) is 0 Å². The summed E-state index contributed by atoms with van der Waals surface area (Å²) in [6, 6.07) is 53.4. The van der Waals surface area contributed by atoms with Gasteiger partial charge in [0.2, 0.25) is 17.2 Å². The molecule has 2 heterocycles. The Hall–Kier alpha value is -8.82. The van der Waals surface area contributed by atoms with Crippen LogP contribution in [0.5, 0.6) is 40.2 Å². The number of benzene rings is 9. The summed E-state index contributed by atoms with van der Waals surface area (Å²) in [6.07, 6.45) is 0. The summed E-state index contributed by atoms with van der Waals surface area (Å²) < 4.78 is 4.52. The van der Waals surface area contributed by atoms with Crippen LogP contribution in [0.2, 0.25) is 0 Å². The Bertz CT molecular complexity index is 3680. The maximum absolute atomic E-state index is 11.4. The average molecular weight is 867 g/mol. The van der Waals surface area contributed by atoms with E-state index in [1.807, 2.05) is 62.4 Å². The number of hydrogen-bond acceptors (Lipinski definition) is 7. The first-order chi connectivity index (χ1) is 31.9. The molecule has 0 saturated carbocycles. The van der Waals surface area contributed by atoms with E-state index in [-0.39, 0.29) is 22.6 Å². The minimum Gasteiger partial charge on any atom is -0.504 e. The summed E-state index contributed by atoms with van der Waals surface area (Å²) in [5, 5.41) is 80.6. The van der Waals surface area contributed by atoms with Gasteiger partial charge in [0.05, 0.1) is 27.6 Å². The van der Waals surface area contributed by atoms with Crippen LogP contribution in [0.15, 0.2) is 158 Å². The number of nitrogens with zero attached hydrogens (tertiary/aromatic N) is 2. The smallest absolute Gasteiger partial charge is 0.208 e. The van der Waals surface area contributed by atoms with E-state index < -0.39 is 28.7 Å². The molecule has 0 bridgehead atoms. The van der Waals surface area contributed by atoms with Crippen LogP contribution >= 0.6 is 0 Å². The SMILES string of the molecule is Cc1c(C)c(O)c(O)c(-c2cc(-c3cccc(-n4c5ccccc5c5cc(-c6ccc7c(c6)c6ccccc6n7-c6ccccc6)ccc54)c3)cc(-c3c(O)c(O)c(O)c(O)c3O)c2)c1C. The predicted octanol–water partition coefficient (Wildman–Crippen LogP) is 13.4. The molecule has 0 fully saturated rings. The van der Waals surface area contributed by atoms with Crippen molar-refractivity contribution in [2.75, 3.05) is 0 Å². The van der Waals surface area contributed by atoms with Crippen LogP contribution in [0, 0.1) is 20.8 Å². The van der Waals surface area contributed by atoms with Gasteiger partial charge in [-0.3, -0.25) is 0 Å². The molecule has 0 radical (unpaired) electrons. The van der Waals surface area contributed by atoms with Crippen LogP contribution in [-0.4, -0.2) is 44.9 Å². The summed E-state index contributed by atoms with van der Waals surface area (Å²) in [4.78, 5) is 0. The normalized spacial score (nSPS) is 11.7. The third-order valence-corrected chi connectivity index (χ3v) is 13.3. The van der Waals surface area contributed by atoms with Crippen molar-refractivity contribution in [2.24, 2.45) is 0 Å². The molecule has 322 valence electrons. The molecule has 9 nitrogen and oxygen atoms in total. The maximum atomic E-state index is 11.4. The maximum Gasteiger partial charge on any atom is 0.208 e. The minimum atomic E-state index is -1.07. The van der Waals surface area contributed by atoms with Gasteiger partial charge in [-0.05, 0) is 150 Å². The lowest BCUT2D eigenvalue weighted by atomic mass is 9.88. The number of phenolic OH excluding ortho intramolecular Hbond substituents is 7.